The normalized spacial score (nSPS) is 10.9. The van der Waals surface area contributed by atoms with Crippen LogP contribution in [-0.2, 0) is 4.79 Å². The summed E-state index contributed by atoms with van der Waals surface area (Å²) in [6.45, 7) is 5.48. The van der Waals surface area contributed by atoms with Crippen molar-refractivity contribution < 1.29 is 13.9 Å². The molecule has 4 aromatic rings. The number of hydrogen-bond acceptors (Lipinski definition) is 4. The van der Waals surface area contributed by atoms with Gasteiger partial charge in [0.1, 0.15) is 5.58 Å². The van der Waals surface area contributed by atoms with Crippen molar-refractivity contribution in [3.05, 3.63) is 91.6 Å². The van der Waals surface area contributed by atoms with E-state index < -0.39 is 11.3 Å². The predicted molar refractivity (Wildman–Crippen MR) is 133 cm³/mol. The van der Waals surface area contributed by atoms with E-state index in [1.165, 1.54) is 6.07 Å². The van der Waals surface area contributed by atoms with E-state index in [0.717, 1.165) is 22.4 Å². The first kappa shape index (κ1) is 22.9. The molecule has 0 aliphatic carbocycles. The van der Waals surface area contributed by atoms with Gasteiger partial charge < -0.3 is 14.5 Å². The zero-order chi connectivity index (χ0) is 23.7. The highest BCUT2D eigenvalue weighted by Gasteiger charge is 2.20. The lowest BCUT2D eigenvalue weighted by Gasteiger charge is -2.14. The van der Waals surface area contributed by atoms with Crippen molar-refractivity contribution >= 4 is 45.8 Å². The van der Waals surface area contributed by atoms with Crippen LogP contribution in [0.1, 0.15) is 16.7 Å². The predicted octanol–water partition coefficient (Wildman–Crippen LogP) is 6.71. The van der Waals surface area contributed by atoms with Crippen LogP contribution in [0, 0.1) is 20.8 Å². The van der Waals surface area contributed by atoms with Gasteiger partial charge in [0.25, 0.3) is 5.91 Å². The van der Waals surface area contributed by atoms with Gasteiger partial charge in [-0.15, -0.1) is 0 Å². The zero-order valence-corrected chi connectivity index (χ0v) is 19.8. The van der Waals surface area contributed by atoms with Gasteiger partial charge in [0.2, 0.25) is 11.2 Å². The summed E-state index contributed by atoms with van der Waals surface area (Å²) in [6.07, 6.45) is 0. The summed E-state index contributed by atoms with van der Waals surface area (Å²) in [6, 6.07) is 15.6. The lowest BCUT2D eigenvalue weighted by atomic mass is 10.1. The fourth-order valence-electron chi connectivity index (χ4n) is 3.76. The van der Waals surface area contributed by atoms with E-state index in [1.807, 2.05) is 32.9 Å². The number of carbonyl (C=O) groups excluding carboxylic acids is 1. The minimum absolute atomic E-state index is 0.0698. The molecule has 168 valence electrons. The quantitative estimate of drug-likeness (QED) is 0.343. The molecule has 0 unspecified atom stereocenters. The van der Waals surface area contributed by atoms with Crippen LogP contribution < -0.4 is 15.5 Å². The molecule has 0 radical (unpaired) electrons. The summed E-state index contributed by atoms with van der Waals surface area (Å²) in [7, 11) is 0. The van der Waals surface area contributed by atoms with Crippen molar-refractivity contribution in [2.75, 3.05) is 11.9 Å². The van der Waals surface area contributed by atoms with Crippen molar-refractivity contribution in [3.63, 3.8) is 0 Å². The van der Waals surface area contributed by atoms with Gasteiger partial charge in [-0.2, -0.15) is 0 Å². The van der Waals surface area contributed by atoms with Crippen LogP contribution in [0.15, 0.2) is 63.8 Å². The van der Waals surface area contributed by atoms with Gasteiger partial charge in [-0.3, -0.25) is 9.59 Å². The van der Waals surface area contributed by atoms with Crippen LogP contribution in [0.5, 0.6) is 5.75 Å². The van der Waals surface area contributed by atoms with Crippen molar-refractivity contribution in [3.8, 4) is 17.1 Å². The smallest absolute Gasteiger partial charge is 0.262 e. The second-order valence-corrected chi connectivity index (χ2v) is 8.72. The summed E-state index contributed by atoms with van der Waals surface area (Å²) in [4.78, 5) is 25.9. The number of anilines is 1. The maximum absolute atomic E-state index is 13.3. The Hall–Kier alpha value is -3.28. The highest BCUT2D eigenvalue weighted by atomic mass is 35.5. The molecular formula is C26H21Cl2NO4. The molecule has 1 aromatic heterocycles. The Kier molecular flexibility index (Phi) is 6.45. The third kappa shape index (κ3) is 4.90. The van der Waals surface area contributed by atoms with Crippen LogP contribution >= 0.6 is 23.2 Å². The van der Waals surface area contributed by atoms with Crippen LogP contribution in [0.3, 0.4) is 0 Å². The SMILES string of the molecule is Cc1cc(C)c(NC(=O)COc2c(-c3ccc(Cl)cc3)oc3ccc(Cl)cc3c2=O)c(C)c1. The minimum atomic E-state index is -0.417. The Morgan fingerprint density at radius 1 is 0.939 bits per heavy atom. The largest absolute Gasteiger partial charge is 0.476 e. The van der Waals surface area contributed by atoms with E-state index in [0.29, 0.717) is 21.2 Å². The standard InChI is InChI=1S/C26H21Cl2NO4/c1-14-10-15(2)23(16(3)11-14)29-22(30)13-32-26-24(31)20-12-19(28)8-9-21(20)33-25(26)17-4-6-18(27)7-5-17/h4-12H,13H2,1-3H3,(H,29,30). The minimum Gasteiger partial charge on any atom is -0.476 e. The summed E-state index contributed by atoms with van der Waals surface area (Å²) in [5.41, 5.74) is 4.26. The number of benzene rings is 3. The molecule has 4 rings (SSSR count). The first-order valence-electron chi connectivity index (χ1n) is 10.3. The Bertz CT molecular complexity index is 1400. The van der Waals surface area contributed by atoms with Gasteiger partial charge >= 0.3 is 0 Å². The third-order valence-electron chi connectivity index (χ3n) is 5.21. The highest BCUT2D eigenvalue weighted by molar-refractivity contribution is 6.31. The van der Waals surface area contributed by atoms with Crippen molar-refractivity contribution in [1.82, 2.24) is 0 Å². The maximum Gasteiger partial charge on any atom is 0.262 e. The van der Waals surface area contributed by atoms with Gasteiger partial charge in [-0.25, -0.2) is 0 Å². The number of aryl methyl sites for hydroxylation is 3. The fraction of sp³-hybridized carbons (Fsp3) is 0.154. The Morgan fingerprint density at radius 3 is 2.24 bits per heavy atom. The molecule has 0 aliphatic heterocycles. The van der Waals surface area contributed by atoms with Crippen LogP contribution in [0.4, 0.5) is 5.69 Å². The van der Waals surface area contributed by atoms with Gasteiger partial charge in [-0.05, 0) is 74.4 Å². The molecule has 7 heteroatoms. The zero-order valence-electron chi connectivity index (χ0n) is 18.3. The molecule has 1 N–H and O–H groups in total. The lowest BCUT2D eigenvalue weighted by Crippen LogP contribution is -2.23. The molecule has 0 fully saturated rings. The molecule has 0 aliphatic rings. The number of halogens is 2. The van der Waals surface area contributed by atoms with Crippen molar-refractivity contribution in [2.45, 2.75) is 20.8 Å². The van der Waals surface area contributed by atoms with E-state index in [2.05, 4.69) is 5.32 Å². The maximum atomic E-state index is 13.3. The molecule has 5 nitrogen and oxygen atoms in total. The molecule has 33 heavy (non-hydrogen) atoms. The average molecular weight is 482 g/mol. The number of nitrogens with one attached hydrogen (secondary N) is 1. The van der Waals surface area contributed by atoms with Crippen molar-refractivity contribution in [1.29, 1.82) is 0 Å². The van der Waals surface area contributed by atoms with Crippen LogP contribution in [0.2, 0.25) is 10.0 Å². The molecule has 1 amide bonds. The first-order valence-corrected chi connectivity index (χ1v) is 11.0. The number of rotatable bonds is 5. The molecular weight excluding hydrogens is 461 g/mol. The van der Waals surface area contributed by atoms with Gasteiger partial charge in [0.15, 0.2) is 12.4 Å². The van der Waals surface area contributed by atoms with E-state index >= 15 is 0 Å². The summed E-state index contributed by atoms with van der Waals surface area (Å²) in [5, 5.41) is 4.07. The second-order valence-electron chi connectivity index (χ2n) is 7.85. The van der Waals surface area contributed by atoms with Gasteiger partial charge in [0, 0.05) is 21.3 Å². The monoisotopic (exact) mass is 481 g/mol. The molecule has 0 saturated carbocycles. The van der Waals surface area contributed by atoms with Crippen molar-refractivity contribution in [2.24, 2.45) is 0 Å². The number of carbonyl (C=O) groups is 1. The van der Waals surface area contributed by atoms with Crippen LogP contribution in [-0.4, -0.2) is 12.5 Å². The fourth-order valence-corrected chi connectivity index (χ4v) is 4.06. The number of ether oxygens (including phenoxy) is 1. The topological polar surface area (TPSA) is 68.5 Å². The van der Waals surface area contributed by atoms with Gasteiger partial charge in [-0.1, -0.05) is 40.9 Å². The molecule has 3 aromatic carbocycles. The molecule has 0 saturated heterocycles. The van der Waals surface area contributed by atoms with E-state index in [-0.39, 0.29) is 23.5 Å². The Balaban J connectivity index is 1.69. The summed E-state index contributed by atoms with van der Waals surface area (Å²) in [5.74, 6) is -0.251. The number of fused-ring (bicyclic) bond motifs is 1. The molecule has 1 heterocycles. The lowest BCUT2D eigenvalue weighted by molar-refractivity contribution is -0.118. The summed E-state index contributed by atoms with van der Waals surface area (Å²) >= 11 is 12.1. The van der Waals surface area contributed by atoms with Crippen LogP contribution in [0.25, 0.3) is 22.3 Å². The molecule has 0 atom stereocenters. The van der Waals surface area contributed by atoms with E-state index in [4.69, 9.17) is 32.4 Å². The second kappa shape index (κ2) is 9.30. The Morgan fingerprint density at radius 2 is 1.58 bits per heavy atom. The Labute approximate surface area is 200 Å². The molecule has 0 spiro atoms. The third-order valence-corrected chi connectivity index (χ3v) is 5.69. The number of amides is 1. The highest BCUT2D eigenvalue weighted by Crippen LogP contribution is 2.32. The number of hydrogen-bond donors (Lipinski definition) is 1. The first-order chi connectivity index (χ1) is 15.7. The summed E-state index contributed by atoms with van der Waals surface area (Å²) < 4.78 is 11.7. The molecule has 0 bridgehead atoms. The van der Waals surface area contributed by atoms with Gasteiger partial charge in [0.05, 0.1) is 5.39 Å². The average Bonchev–Trinajstić information content (AvgIpc) is 2.76. The van der Waals surface area contributed by atoms with E-state index in [1.54, 1.807) is 36.4 Å². The van der Waals surface area contributed by atoms with E-state index in [9.17, 15) is 9.59 Å².